The minimum Gasteiger partial charge on any atom is -0.493 e. The van der Waals surface area contributed by atoms with Crippen molar-refractivity contribution in [2.75, 3.05) is 28.4 Å². The molecular formula is C16H21NO7. The van der Waals surface area contributed by atoms with Crippen molar-refractivity contribution >= 4 is 5.78 Å². The Labute approximate surface area is 139 Å². The number of carbonyl (C=O) groups excluding carboxylic acids is 1. The van der Waals surface area contributed by atoms with E-state index < -0.39 is 18.1 Å². The molecule has 0 spiro atoms. The summed E-state index contributed by atoms with van der Waals surface area (Å²) in [5.41, 5.74) is 0.555. The van der Waals surface area contributed by atoms with Gasteiger partial charge in [-0.05, 0) is 6.07 Å². The lowest BCUT2D eigenvalue weighted by Crippen LogP contribution is -2.42. The predicted molar refractivity (Wildman–Crippen MR) is 84.7 cm³/mol. The van der Waals surface area contributed by atoms with Gasteiger partial charge < -0.3 is 18.9 Å². The van der Waals surface area contributed by atoms with Gasteiger partial charge in [0.25, 0.3) is 0 Å². The molecule has 1 aromatic rings. The smallest absolute Gasteiger partial charge is 0.223 e. The van der Waals surface area contributed by atoms with Gasteiger partial charge in [0.1, 0.15) is 6.10 Å². The number of nitro groups is 1. The maximum Gasteiger partial charge on any atom is 0.223 e. The number of hydrogen-bond donors (Lipinski definition) is 0. The van der Waals surface area contributed by atoms with E-state index in [0.717, 1.165) is 0 Å². The zero-order chi connectivity index (χ0) is 17.9. The van der Waals surface area contributed by atoms with E-state index in [0.29, 0.717) is 22.8 Å². The van der Waals surface area contributed by atoms with Crippen LogP contribution < -0.4 is 14.2 Å². The molecule has 0 saturated heterocycles. The van der Waals surface area contributed by atoms with Gasteiger partial charge in [-0.3, -0.25) is 14.9 Å². The topological polar surface area (TPSA) is 97.1 Å². The van der Waals surface area contributed by atoms with Crippen molar-refractivity contribution in [3.63, 3.8) is 0 Å². The SMILES string of the molecule is COc1ccc([C@@H]2CC(=O)[C@H](OC)C[C@H]2[N+](=O)[O-])c(OC)c1OC. The maximum atomic E-state index is 12.2. The van der Waals surface area contributed by atoms with Crippen LogP contribution in [0.1, 0.15) is 24.3 Å². The molecule has 8 nitrogen and oxygen atoms in total. The quantitative estimate of drug-likeness (QED) is 0.576. The van der Waals surface area contributed by atoms with Gasteiger partial charge in [0.05, 0.1) is 27.2 Å². The fourth-order valence-corrected chi connectivity index (χ4v) is 3.19. The van der Waals surface area contributed by atoms with Crippen LogP contribution in [-0.2, 0) is 9.53 Å². The minimum absolute atomic E-state index is 0.00992. The first-order chi connectivity index (χ1) is 11.5. The third-order valence-corrected chi connectivity index (χ3v) is 4.39. The maximum absolute atomic E-state index is 12.2. The molecule has 132 valence electrons. The molecule has 0 unspecified atom stereocenters. The van der Waals surface area contributed by atoms with E-state index in [1.54, 1.807) is 12.1 Å². The molecule has 0 amide bonds. The molecule has 0 aromatic heterocycles. The molecule has 0 N–H and O–H groups in total. The van der Waals surface area contributed by atoms with Gasteiger partial charge in [0.15, 0.2) is 17.3 Å². The number of ketones is 1. The highest BCUT2D eigenvalue weighted by molar-refractivity contribution is 5.85. The first kappa shape index (κ1) is 18.0. The van der Waals surface area contributed by atoms with E-state index in [1.807, 2.05) is 0 Å². The number of hydrogen-bond acceptors (Lipinski definition) is 7. The lowest BCUT2D eigenvalue weighted by molar-refractivity contribution is -0.530. The molecule has 3 atom stereocenters. The molecule has 0 bridgehead atoms. The average molecular weight is 339 g/mol. The summed E-state index contributed by atoms with van der Waals surface area (Å²) in [6, 6.07) is 2.39. The van der Waals surface area contributed by atoms with Crippen molar-refractivity contribution in [2.45, 2.75) is 30.9 Å². The second kappa shape index (κ2) is 7.48. The van der Waals surface area contributed by atoms with Crippen molar-refractivity contribution in [1.29, 1.82) is 0 Å². The van der Waals surface area contributed by atoms with Crippen LogP contribution in [0.25, 0.3) is 0 Å². The van der Waals surface area contributed by atoms with Crippen LogP contribution in [0.5, 0.6) is 17.2 Å². The first-order valence-corrected chi connectivity index (χ1v) is 7.46. The summed E-state index contributed by atoms with van der Waals surface area (Å²) in [6.45, 7) is 0. The second-order valence-electron chi connectivity index (χ2n) is 5.51. The molecule has 8 heteroatoms. The van der Waals surface area contributed by atoms with Crippen LogP contribution in [0.15, 0.2) is 12.1 Å². The van der Waals surface area contributed by atoms with Gasteiger partial charge in [0, 0.05) is 30.4 Å². The molecule has 1 aliphatic carbocycles. The Balaban J connectivity index is 2.52. The Morgan fingerprint density at radius 3 is 2.25 bits per heavy atom. The van der Waals surface area contributed by atoms with Crippen molar-refractivity contribution in [3.05, 3.63) is 27.8 Å². The van der Waals surface area contributed by atoms with Gasteiger partial charge in [-0.1, -0.05) is 6.07 Å². The summed E-state index contributed by atoms with van der Waals surface area (Å²) in [7, 11) is 5.79. The summed E-state index contributed by atoms with van der Waals surface area (Å²) >= 11 is 0. The fraction of sp³-hybridized carbons (Fsp3) is 0.562. The molecule has 1 aliphatic rings. The highest BCUT2D eigenvalue weighted by atomic mass is 16.6. The van der Waals surface area contributed by atoms with Gasteiger partial charge in [-0.25, -0.2) is 0 Å². The lowest BCUT2D eigenvalue weighted by atomic mass is 9.77. The predicted octanol–water partition coefficient (Wildman–Crippen LogP) is 1.82. The normalized spacial score (nSPS) is 23.7. The standard InChI is InChI=1S/C16H21NO7/c1-21-13-6-5-9(15(23-3)16(13)24-4)10-7-12(18)14(22-2)8-11(10)17(19)20/h5-6,10-11,14H,7-8H2,1-4H3/t10-,11+,14+/m0/s1. The summed E-state index contributed by atoms with van der Waals surface area (Å²) < 4.78 is 21.0. The largest absolute Gasteiger partial charge is 0.493 e. The molecular weight excluding hydrogens is 318 g/mol. The Morgan fingerprint density at radius 1 is 1.08 bits per heavy atom. The highest BCUT2D eigenvalue weighted by Crippen LogP contribution is 2.46. The van der Waals surface area contributed by atoms with Gasteiger partial charge in [-0.2, -0.15) is 0 Å². The first-order valence-electron chi connectivity index (χ1n) is 7.46. The number of methoxy groups -OCH3 is 4. The molecule has 1 aromatic carbocycles. The Morgan fingerprint density at radius 2 is 1.75 bits per heavy atom. The van der Waals surface area contributed by atoms with Gasteiger partial charge >= 0.3 is 0 Å². The van der Waals surface area contributed by atoms with Crippen molar-refractivity contribution in [3.8, 4) is 17.2 Å². The summed E-state index contributed by atoms with van der Waals surface area (Å²) in [5.74, 6) is 0.372. The summed E-state index contributed by atoms with van der Waals surface area (Å²) in [4.78, 5) is 23.4. The fourth-order valence-electron chi connectivity index (χ4n) is 3.19. The van der Waals surface area contributed by atoms with Crippen LogP contribution in [0.2, 0.25) is 0 Å². The van der Waals surface area contributed by atoms with Crippen LogP contribution in [0.3, 0.4) is 0 Å². The lowest BCUT2D eigenvalue weighted by Gasteiger charge is -2.30. The van der Waals surface area contributed by atoms with Crippen LogP contribution >= 0.6 is 0 Å². The number of Topliss-reactive ketones (excluding diaryl/α,β-unsaturated/α-hetero) is 1. The van der Waals surface area contributed by atoms with E-state index in [9.17, 15) is 14.9 Å². The van der Waals surface area contributed by atoms with Gasteiger partial charge in [-0.15, -0.1) is 0 Å². The van der Waals surface area contributed by atoms with E-state index in [-0.39, 0.29) is 23.5 Å². The van der Waals surface area contributed by atoms with Crippen LogP contribution in [0.4, 0.5) is 0 Å². The number of benzene rings is 1. The van der Waals surface area contributed by atoms with E-state index in [4.69, 9.17) is 18.9 Å². The summed E-state index contributed by atoms with van der Waals surface area (Å²) in [5, 5.41) is 11.5. The number of rotatable bonds is 6. The molecule has 1 fully saturated rings. The number of nitrogens with zero attached hydrogens (tertiary/aromatic N) is 1. The molecule has 0 radical (unpaired) electrons. The van der Waals surface area contributed by atoms with Gasteiger partial charge in [0.2, 0.25) is 11.8 Å². The molecule has 2 rings (SSSR count). The van der Waals surface area contributed by atoms with Crippen molar-refractivity contribution < 1.29 is 28.7 Å². The minimum atomic E-state index is -0.945. The summed E-state index contributed by atoms with van der Waals surface area (Å²) in [6.07, 6.45) is -0.705. The van der Waals surface area contributed by atoms with E-state index >= 15 is 0 Å². The van der Waals surface area contributed by atoms with E-state index in [2.05, 4.69) is 0 Å². The highest BCUT2D eigenvalue weighted by Gasteiger charge is 2.45. The Hall–Kier alpha value is -2.35. The second-order valence-corrected chi connectivity index (χ2v) is 5.51. The molecule has 1 saturated carbocycles. The molecule has 24 heavy (non-hydrogen) atoms. The van der Waals surface area contributed by atoms with Crippen molar-refractivity contribution in [1.82, 2.24) is 0 Å². The van der Waals surface area contributed by atoms with E-state index in [1.165, 1.54) is 28.4 Å². The molecule has 0 heterocycles. The Kier molecular flexibility index (Phi) is 5.61. The van der Waals surface area contributed by atoms with Crippen LogP contribution in [0, 0.1) is 10.1 Å². The third kappa shape index (κ3) is 3.14. The Bertz CT molecular complexity index is 631. The number of ether oxygens (including phenoxy) is 4. The zero-order valence-electron chi connectivity index (χ0n) is 14.1. The van der Waals surface area contributed by atoms with Crippen molar-refractivity contribution in [2.24, 2.45) is 0 Å². The number of carbonyl (C=O) groups is 1. The zero-order valence-corrected chi connectivity index (χ0v) is 14.1. The monoisotopic (exact) mass is 339 g/mol. The molecule has 0 aliphatic heterocycles. The van der Waals surface area contributed by atoms with Crippen LogP contribution in [-0.4, -0.2) is 51.3 Å². The third-order valence-electron chi connectivity index (χ3n) is 4.39. The average Bonchev–Trinajstić information content (AvgIpc) is 2.59.